The molecule has 6 heteroatoms. The van der Waals surface area contributed by atoms with Crippen molar-refractivity contribution in [2.24, 2.45) is 5.10 Å². The number of aromatic hydroxyl groups is 1. The average Bonchev–Trinajstić information content (AvgIpc) is 3.09. The van der Waals surface area contributed by atoms with Crippen LogP contribution in [-0.4, -0.2) is 24.0 Å². The molecule has 6 nitrogen and oxygen atoms in total. The highest BCUT2D eigenvalue weighted by Gasteiger charge is 2.13. The standard InChI is InChI=1S/C19H14N2O4/c22-16-9-14-4-2-1-3-13(14)8-15(16)19(23)21-20-10-12-5-6-17-18(7-12)25-11-24-17/h1-10,22H,11H2,(H,21,23). The van der Waals surface area contributed by atoms with Crippen LogP contribution in [0.15, 0.2) is 59.7 Å². The van der Waals surface area contributed by atoms with E-state index in [0.717, 1.165) is 16.3 Å². The molecule has 1 amide bonds. The number of amides is 1. The molecule has 0 atom stereocenters. The third-order valence-corrected chi connectivity index (χ3v) is 3.88. The molecule has 1 aliphatic heterocycles. The van der Waals surface area contributed by atoms with Gasteiger partial charge in [0.1, 0.15) is 5.75 Å². The highest BCUT2D eigenvalue weighted by molar-refractivity contribution is 6.01. The van der Waals surface area contributed by atoms with Crippen LogP contribution in [0.2, 0.25) is 0 Å². The lowest BCUT2D eigenvalue weighted by atomic mass is 10.1. The van der Waals surface area contributed by atoms with Crippen molar-refractivity contribution < 1.29 is 19.4 Å². The summed E-state index contributed by atoms with van der Waals surface area (Å²) >= 11 is 0. The van der Waals surface area contributed by atoms with Crippen LogP contribution < -0.4 is 14.9 Å². The van der Waals surface area contributed by atoms with E-state index in [1.54, 1.807) is 30.3 Å². The number of phenols is 1. The summed E-state index contributed by atoms with van der Waals surface area (Å²) in [7, 11) is 0. The van der Waals surface area contributed by atoms with E-state index >= 15 is 0 Å². The van der Waals surface area contributed by atoms with E-state index in [0.29, 0.717) is 11.5 Å². The summed E-state index contributed by atoms with van der Waals surface area (Å²) in [5.41, 5.74) is 3.34. The number of hydrogen-bond donors (Lipinski definition) is 2. The number of ether oxygens (including phenoxy) is 2. The van der Waals surface area contributed by atoms with Crippen molar-refractivity contribution in [1.82, 2.24) is 5.43 Å². The van der Waals surface area contributed by atoms with Gasteiger partial charge in [0, 0.05) is 0 Å². The van der Waals surface area contributed by atoms with Gasteiger partial charge in [0.05, 0.1) is 11.8 Å². The molecule has 1 heterocycles. The number of rotatable bonds is 3. The second-order valence-electron chi connectivity index (χ2n) is 5.53. The van der Waals surface area contributed by atoms with Gasteiger partial charge in [-0.3, -0.25) is 4.79 Å². The maximum Gasteiger partial charge on any atom is 0.275 e. The second kappa shape index (κ2) is 6.16. The Bertz CT molecular complexity index is 998. The zero-order chi connectivity index (χ0) is 17.2. The number of hydrazone groups is 1. The molecule has 25 heavy (non-hydrogen) atoms. The van der Waals surface area contributed by atoms with E-state index in [9.17, 15) is 9.90 Å². The monoisotopic (exact) mass is 334 g/mol. The fourth-order valence-corrected chi connectivity index (χ4v) is 2.63. The number of fused-ring (bicyclic) bond motifs is 2. The fourth-order valence-electron chi connectivity index (χ4n) is 2.63. The minimum atomic E-state index is -0.486. The molecule has 2 N–H and O–H groups in total. The molecule has 0 bridgehead atoms. The van der Waals surface area contributed by atoms with E-state index < -0.39 is 5.91 Å². The normalized spacial score (nSPS) is 12.6. The SMILES string of the molecule is O=C(NN=Cc1ccc2c(c1)OCO2)c1cc2ccccc2cc1O. The molecule has 0 radical (unpaired) electrons. The Balaban J connectivity index is 1.51. The quantitative estimate of drug-likeness (QED) is 0.570. The molecule has 0 fully saturated rings. The van der Waals surface area contributed by atoms with Crippen molar-refractivity contribution in [3.05, 3.63) is 65.7 Å². The summed E-state index contributed by atoms with van der Waals surface area (Å²) in [6.07, 6.45) is 1.50. The van der Waals surface area contributed by atoms with Crippen LogP contribution >= 0.6 is 0 Å². The lowest BCUT2D eigenvalue weighted by Crippen LogP contribution is -2.17. The minimum Gasteiger partial charge on any atom is -0.507 e. The van der Waals surface area contributed by atoms with Crippen molar-refractivity contribution in [3.63, 3.8) is 0 Å². The summed E-state index contributed by atoms with van der Waals surface area (Å²) in [5.74, 6) is 0.749. The average molecular weight is 334 g/mol. The molecule has 1 aliphatic rings. The first-order chi connectivity index (χ1) is 12.2. The van der Waals surface area contributed by atoms with Crippen molar-refractivity contribution in [3.8, 4) is 17.2 Å². The van der Waals surface area contributed by atoms with Crippen LogP contribution in [0.1, 0.15) is 15.9 Å². The summed E-state index contributed by atoms with van der Waals surface area (Å²) in [5, 5.41) is 15.7. The van der Waals surface area contributed by atoms with Crippen LogP contribution in [0.5, 0.6) is 17.2 Å². The molecular weight excluding hydrogens is 320 g/mol. The maximum absolute atomic E-state index is 12.3. The van der Waals surface area contributed by atoms with E-state index in [-0.39, 0.29) is 18.1 Å². The first-order valence-electron chi connectivity index (χ1n) is 7.65. The van der Waals surface area contributed by atoms with Crippen LogP contribution in [0.4, 0.5) is 0 Å². The molecule has 0 aromatic heterocycles. The third-order valence-electron chi connectivity index (χ3n) is 3.88. The van der Waals surface area contributed by atoms with Crippen molar-refractivity contribution in [2.75, 3.05) is 6.79 Å². The number of benzene rings is 3. The van der Waals surface area contributed by atoms with Gasteiger partial charge in [-0.1, -0.05) is 24.3 Å². The van der Waals surface area contributed by atoms with Crippen LogP contribution in [-0.2, 0) is 0 Å². The van der Waals surface area contributed by atoms with Crippen LogP contribution in [0, 0.1) is 0 Å². The zero-order valence-corrected chi connectivity index (χ0v) is 13.1. The van der Waals surface area contributed by atoms with E-state index in [4.69, 9.17) is 9.47 Å². The molecule has 3 aromatic carbocycles. The number of hydrogen-bond acceptors (Lipinski definition) is 5. The molecule has 4 rings (SSSR count). The Morgan fingerprint density at radius 3 is 2.64 bits per heavy atom. The second-order valence-corrected chi connectivity index (χ2v) is 5.53. The lowest BCUT2D eigenvalue weighted by molar-refractivity contribution is 0.0952. The molecule has 0 saturated carbocycles. The Labute approximate surface area is 143 Å². The Morgan fingerprint density at radius 1 is 1.04 bits per heavy atom. The van der Waals surface area contributed by atoms with E-state index in [1.165, 1.54) is 6.21 Å². The van der Waals surface area contributed by atoms with Gasteiger partial charge in [0.25, 0.3) is 5.91 Å². The van der Waals surface area contributed by atoms with Gasteiger partial charge in [-0.05, 0) is 46.7 Å². The zero-order valence-electron chi connectivity index (χ0n) is 13.1. The van der Waals surface area contributed by atoms with Gasteiger partial charge in [0.2, 0.25) is 6.79 Å². The fraction of sp³-hybridized carbons (Fsp3) is 0.0526. The van der Waals surface area contributed by atoms with Gasteiger partial charge >= 0.3 is 0 Å². The highest BCUT2D eigenvalue weighted by atomic mass is 16.7. The minimum absolute atomic E-state index is 0.0884. The van der Waals surface area contributed by atoms with E-state index in [1.807, 2.05) is 24.3 Å². The number of nitrogens with zero attached hydrogens (tertiary/aromatic N) is 1. The summed E-state index contributed by atoms with van der Waals surface area (Å²) in [6, 6.07) is 16.0. The van der Waals surface area contributed by atoms with Crippen molar-refractivity contribution in [1.29, 1.82) is 0 Å². The third kappa shape index (κ3) is 2.97. The Morgan fingerprint density at radius 2 is 1.80 bits per heavy atom. The van der Waals surface area contributed by atoms with Crippen molar-refractivity contribution in [2.45, 2.75) is 0 Å². The Hall–Kier alpha value is -3.54. The van der Waals surface area contributed by atoms with E-state index in [2.05, 4.69) is 10.5 Å². The molecular formula is C19H14N2O4. The first-order valence-corrected chi connectivity index (χ1v) is 7.65. The molecule has 0 saturated heterocycles. The maximum atomic E-state index is 12.3. The topological polar surface area (TPSA) is 80.2 Å². The summed E-state index contributed by atoms with van der Waals surface area (Å²) in [4.78, 5) is 12.3. The largest absolute Gasteiger partial charge is 0.507 e. The summed E-state index contributed by atoms with van der Waals surface area (Å²) in [6.45, 7) is 0.202. The van der Waals surface area contributed by atoms with Crippen LogP contribution in [0.25, 0.3) is 10.8 Å². The number of phenolic OH excluding ortho intramolecular Hbond substituents is 1. The molecule has 3 aromatic rings. The lowest BCUT2D eigenvalue weighted by Gasteiger charge is -2.05. The van der Waals surface area contributed by atoms with Crippen LogP contribution in [0.3, 0.4) is 0 Å². The molecule has 0 aliphatic carbocycles. The molecule has 0 unspecified atom stereocenters. The van der Waals surface area contributed by atoms with Gasteiger partial charge in [-0.25, -0.2) is 5.43 Å². The first kappa shape index (κ1) is 15.0. The number of nitrogens with one attached hydrogen (secondary N) is 1. The predicted octanol–water partition coefficient (Wildman–Crippen LogP) is 3.04. The summed E-state index contributed by atoms with van der Waals surface area (Å²) < 4.78 is 10.5. The molecule has 124 valence electrons. The van der Waals surface area contributed by atoms with Gasteiger partial charge < -0.3 is 14.6 Å². The molecule has 0 spiro atoms. The Kier molecular flexibility index (Phi) is 3.70. The smallest absolute Gasteiger partial charge is 0.275 e. The highest BCUT2D eigenvalue weighted by Crippen LogP contribution is 2.32. The van der Waals surface area contributed by atoms with Gasteiger partial charge in [0.15, 0.2) is 11.5 Å². The van der Waals surface area contributed by atoms with Crippen molar-refractivity contribution >= 4 is 22.9 Å². The van der Waals surface area contributed by atoms with Gasteiger partial charge in [-0.2, -0.15) is 5.10 Å². The predicted molar refractivity (Wildman–Crippen MR) is 93.2 cm³/mol. The number of carbonyl (C=O) groups is 1. The van der Waals surface area contributed by atoms with Gasteiger partial charge in [-0.15, -0.1) is 0 Å². The number of carbonyl (C=O) groups excluding carboxylic acids is 1.